The van der Waals surface area contributed by atoms with Crippen molar-refractivity contribution in [1.29, 1.82) is 0 Å². The van der Waals surface area contributed by atoms with E-state index in [0.29, 0.717) is 11.6 Å². The summed E-state index contributed by atoms with van der Waals surface area (Å²) in [6.07, 6.45) is 13.7. The van der Waals surface area contributed by atoms with Crippen LogP contribution in [0, 0.1) is 17.8 Å². The van der Waals surface area contributed by atoms with Crippen molar-refractivity contribution >= 4 is 11.4 Å². The second kappa shape index (κ2) is 9.10. The minimum absolute atomic E-state index is 0.441. The number of benzene rings is 1. The molecule has 1 aliphatic carbocycles. The van der Waals surface area contributed by atoms with Crippen molar-refractivity contribution in [2.75, 3.05) is 11.1 Å². The molecule has 3 N–H and O–H groups in total. The van der Waals surface area contributed by atoms with Crippen molar-refractivity contribution < 1.29 is 0 Å². The van der Waals surface area contributed by atoms with E-state index in [4.69, 9.17) is 5.73 Å². The molecule has 3 aliphatic rings. The molecule has 0 spiro atoms. The Morgan fingerprint density at radius 3 is 2.17 bits per heavy atom. The van der Waals surface area contributed by atoms with Crippen LogP contribution in [0.3, 0.4) is 0 Å². The zero-order valence-corrected chi connectivity index (χ0v) is 19.9. The summed E-state index contributed by atoms with van der Waals surface area (Å²) in [6.45, 7) is 9.86. The zero-order valence-electron chi connectivity index (χ0n) is 19.9. The Kier molecular flexibility index (Phi) is 6.67. The number of piperidine rings is 1. The van der Waals surface area contributed by atoms with Gasteiger partial charge in [0.25, 0.3) is 0 Å². The molecule has 2 aliphatic heterocycles. The Morgan fingerprint density at radius 2 is 1.60 bits per heavy atom. The van der Waals surface area contributed by atoms with Crippen molar-refractivity contribution in [3.05, 3.63) is 24.3 Å². The van der Waals surface area contributed by atoms with Crippen molar-refractivity contribution in [3.63, 3.8) is 0 Å². The lowest BCUT2D eigenvalue weighted by molar-refractivity contribution is -0.0562. The summed E-state index contributed by atoms with van der Waals surface area (Å²) >= 11 is 0. The number of nitrogens with two attached hydrogens (primary N) is 1. The van der Waals surface area contributed by atoms with Gasteiger partial charge in [0.15, 0.2) is 0 Å². The fourth-order valence-electron chi connectivity index (χ4n) is 7.75. The number of nitrogen functional groups attached to an aromatic ring is 1. The summed E-state index contributed by atoms with van der Waals surface area (Å²) in [7, 11) is 0. The van der Waals surface area contributed by atoms with Gasteiger partial charge in [-0.15, -0.1) is 0 Å². The predicted octanol–water partition coefficient (Wildman–Crippen LogP) is 6.70. The second-order valence-electron chi connectivity index (χ2n) is 11.2. The Bertz CT molecular complexity index is 673. The Morgan fingerprint density at radius 1 is 1.00 bits per heavy atom. The van der Waals surface area contributed by atoms with Gasteiger partial charge in [0.05, 0.1) is 11.4 Å². The van der Waals surface area contributed by atoms with E-state index >= 15 is 0 Å². The van der Waals surface area contributed by atoms with Crippen molar-refractivity contribution in [2.45, 2.75) is 116 Å². The summed E-state index contributed by atoms with van der Waals surface area (Å²) in [6, 6.07) is 10.3. The normalized spacial score (nSPS) is 36.9. The van der Waals surface area contributed by atoms with Crippen LogP contribution in [0.2, 0.25) is 0 Å². The molecule has 0 amide bonds. The lowest BCUT2D eigenvalue weighted by Gasteiger charge is -2.56. The van der Waals surface area contributed by atoms with Crippen molar-refractivity contribution in [3.8, 4) is 0 Å². The molecule has 5 atom stereocenters. The maximum atomic E-state index is 6.23. The molecule has 1 aromatic carbocycles. The van der Waals surface area contributed by atoms with Gasteiger partial charge in [0.1, 0.15) is 0 Å². The molecule has 168 valence electrons. The fraction of sp³-hybridized carbons (Fsp3) is 0.778. The Labute approximate surface area is 185 Å². The van der Waals surface area contributed by atoms with E-state index in [1.165, 1.54) is 64.2 Å². The number of hydrogen-bond donors (Lipinski definition) is 2. The van der Waals surface area contributed by atoms with Crippen LogP contribution in [0.1, 0.15) is 91.9 Å². The largest absolute Gasteiger partial charge is 0.397 e. The van der Waals surface area contributed by atoms with Gasteiger partial charge in [-0.05, 0) is 81.3 Å². The van der Waals surface area contributed by atoms with E-state index in [0.717, 1.165) is 41.2 Å². The average Bonchev–Trinajstić information content (AvgIpc) is 2.99. The fourth-order valence-corrected chi connectivity index (χ4v) is 7.75. The van der Waals surface area contributed by atoms with Gasteiger partial charge in [-0.25, -0.2) is 0 Å². The maximum Gasteiger partial charge on any atom is 0.0576 e. The first-order valence-electron chi connectivity index (χ1n) is 12.8. The highest BCUT2D eigenvalue weighted by Gasteiger charge is 2.53. The molecule has 3 fully saturated rings. The molecule has 0 aromatic heterocycles. The highest BCUT2D eigenvalue weighted by atomic mass is 15.3. The Balaban J connectivity index is 1.55. The quantitative estimate of drug-likeness (QED) is 0.491. The van der Waals surface area contributed by atoms with Gasteiger partial charge in [-0.1, -0.05) is 52.7 Å². The number of rotatable bonds is 7. The predicted molar refractivity (Wildman–Crippen MR) is 130 cm³/mol. The van der Waals surface area contributed by atoms with Crippen LogP contribution in [0.5, 0.6) is 0 Å². The van der Waals surface area contributed by atoms with Gasteiger partial charge in [0.2, 0.25) is 0 Å². The van der Waals surface area contributed by atoms with Crippen LogP contribution in [0.25, 0.3) is 0 Å². The third-order valence-electron chi connectivity index (χ3n) is 8.69. The summed E-state index contributed by atoms with van der Waals surface area (Å²) in [5, 5.41) is 3.81. The molecule has 1 saturated carbocycles. The van der Waals surface area contributed by atoms with E-state index < -0.39 is 0 Å². The molecule has 1 aromatic rings. The number of hydrogen-bond acceptors (Lipinski definition) is 3. The highest BCUT2D eigenvalue weighted by molar-refractivity contribution is 5.66. The summed E-state index contributed by atoms with van der Waals surface area (Å²) < 4.78 is 0. The van der Waals surface area contributed by atoms with E-state index in [9.17, 15) is 0 Å². The zero-order chi connectivity index (χ0) is 21.3. The van der Waals surface area contributed by atoms with Crippen LogP contribution in [-0.4, -0.2) is 28.6 Å². The molecular formula is C27H45N3. The molecule has 0 radical (unpaired) electrons. The molecule has 4 rings (SSSR count). The number of nitrogens with zero attached hydrogens (tertiary/aromatic N) is 1. The maximum absolute atomic E-state index is 6.23. The van der Waals surface area contributed by atoms with Crippen LogP contribution >= 0.6 is 0 Å². The molecule has 2 unspecified atom stereocenters. The number of nitrogens with one attached hydrogen (secondary N) is 1. The van der Waals surface area contributed by atoms with E-state index in [1.807, 2.05) is 12.1 Å². The topological polar surface area (TPSA) is 41.3 Å². The van der Waals surface area contributed by atoms with Gasteiger partial charge in [0, 0.05) is 23.7 Å². The van der Waals surface area contributed by atoms with Crippen LogP contribution in [0.15, 0.2) is 24.3 Å². The van der Waals surface area contributed by atoms with Crippen LogP contribution < -0.4 is 11.1 Å². The lowest BCUT2D eigenvalue weighted by atomic mass is 9.65. The van der Waals surface area contributed by atoms with E-state index in [2.05, 4.69) is 50.0 Å². The Hall–Kier alpha value is -1.22. The van der Waals surface area contributed by atoms with Crippen LogP contribution in [0.4, 0.5) is 11.4 Å². The van der Waals surface area contributed by atoms with Gasteiger partial charge >= 0.3 is 0 Å². The third kappa shape index (κ3) is 4.38. The molecule has 3 nitrogen and oxygen atoms in total. The molecular weight excluding hydrogens is 366 g/mol. The van der Waals surface area contributed by atoms with Crippen molar-refractivity contribution in [1.82, 2.24) is 4.90 Å². The van der Waals surface area contributed by atoms with Crippen molar-refractivity contribution in [2.24, 2.45) is 17.8 Å². The average molecular weight is 412 g/mol. The summed E-state index contributed by atoms with van der Waals surface area (Å²) in [4.78, 5) is 3.10. The van der Waals surface area contributed by atoms with Gasteiger partial charge in [-0.3, -0.25) is 4.90 Å². The molecule has 2 saturated heterocycles. The standard InChI is InChI=1S/C27H45N3/c1-5-21(6-2)18-27(16-19(3)13-20(4)17-27)30-23-11-12-24(30)15-22(14-23)29-26-10-8-7-9-25(26)28/h7-10,19-24,29H,5-6,11-18,28H2,1-4H3/t19?,20?,22-,23-,24+,27?. The monoisotopic (exact) mass is 411 g/mol. The smallest absolute Gasteiger partial charge is 0.0576 e. The molecule has 3 heteroatoms. The van der Waals surface area contributed by atoms with E-state index in [-0.39, 0.29) is 0 Å². The first-order chi connectivity index (χ1) is 14.4. The SMILES string of the molecule is CCC(CC)CC1(N2[C@@H]3CC[C@H]2C[C@H](Nc2ccccc2N)C3)CC(C)CC(C)C1. The molecule has 2 bridgehead atoms. The van der Waals surface area contributed by atoms with E-state index in [1.54, 1.807) is 0 Å². The summed E-state index contributed by atoms with van der Waals surface area (Å²) in [5.74, 6) is 2.60. The van der Waals surface area contributed by atoms with Gasteiger partial charge < -0.3 is 11.1 Å². The van der Waals surface area contributed by atoms with Gasteiger partial charge in [-0.2, -0.15) is 0 Å². The minimum Gasteiger partial charge on any atom is -0.397 e. The molecule has 2 heterocycles. The first-order valence-corrected chi connectivity index (χ1v) is 12.8. The first kappa shape index (κ1) is 22.0. The second-order valence-corrected chi connectivity index (χ2v) is 11.2. The minimum atomic E-state index is 0.441. The summed E-state index contributed by atoms with van der Waals surface area (Å²) in [5.41, 5.74) is 8.68. The lowest BCUT2D eigenvalue weighted by Crippen LogP contribution is -2.61. The molecule has 30 heavy (non-hydrogen) atoms. The highest BCUT2D eigenvalue weighted by Crippen LogP contribution is 2.51. The van der Waals surface area contributed by atoms with Crippen LogP contribution in [-0.2, 0) is 0 Å². The third-order valence-corrected chi connectivity index (χ3v) is 8.69. The number of anilines is 2. The number of para-hydroxylation sites is 2. The number of fused-ring (bicyclic) bond motifs is 2.